The van der Waals surface area contributed by atoms with Crippen LogP contribution in [0.15, 0.2) is 36.4 Å². The highest BCUT2D eigenvalue weighted by molar-refractivity contribution is 9.09. The highest BCUT2D eigenvalue weighted by atomic mass is 79.9. The molecule has 0 amide bonds. The summed E-state index contributed by atoms with van der Waals surface area (Å²) in [7, 11) is 1.40. The van der Waals surface area contributed by atoms with Crippen LogP contribution in [0, 0.1) is 11.6 Å². The van der Waals surface area contributed by atoms with E-state index in [2.05, 4.69) is 15.9 Å². The smallest absolute Gasteiger partial charge is 0.165 e. The standard InChI is InChI=1S/C15H12BrClF2O/c1-20-15-7-9(5-6-14(15)19)11(16)8-10-12(17)3-2-4-13(10)18/h2-7,11H,8H2,1H3. The van der Waals surface area contributed by atoms with E-state index in [9.17, 15) is 8.78 Å². The Labute approximate surface area is 129 Å². The van der Waals surface area contributed by atoms with E-state index < -0.39 is 5.82 Å². The van der Waals surface area contributed by atoms with Gasteiger partial charge in [0.2, 0.25) is 0 Å². The first kappa shape index (κ1) is 15.3. The Morgan fingerprint density at radius 2 is 1.95 bits per heavy atom. The number of rotatable bonds is 4. The highest BCUT2D eigenvalue weighted by Gasteiger charge is 2.16. The Morgan fingerprint density at radius 1 is 1.20 bits per heavy atom. The van der Waals surface area contributed by atoms with Crippen LogP contribution in [0.2, 0.25) is 5.02 Å². The largest absolute Gasteiger partial charge is 0.494 e. The predicted molar refractivity (Wildman–Crippen MR) is 79.7 cm³/mol. The van der Waals surface area contributed by atoms with E-state index >= 15 is 0 Å². The van der Waals surface area contributed by atoms with Crippen molar-refractivity contribution in [3.05, 3.63) is 64.2 Å². The molecule has 0 aliphatic rings. The quantitative estimate of drug-likeness (QED) is 0.671. The third-order valence-electron chi connectivity index (χ3n) is 2.98. The van der Waals surface area contributed by atoms with E-state index in [1.165, 1.54) is 19.2 Å². The summed E-state index contributed by atoms with van der Waals surface area (Å²) in [5.74, 6) is -0.623. The Morgan fingerprint density at radius 3 is 2.60 bits per heavy atom. The van der Waals surface area contributed by atoms with E-state index in [1.54, 1.807) is 24.3 Å². The van der Waals surface area contributed by atoms with E-state index in [4.69, 9.17) is 16.3 Å². The van der Waals surface area contributed by atoms with Gasteiger partial charge in [-0.2, -0.15) is 0 Å². The van der Waals surface area contributed by atoms with Gasteiger partial charge < -0.3 is 4.74 Å². The maximum atomic E-state index is 13.7. The molecule has 1 unspecified atom stereocenters. The molecule has 20 heavy (non-hydrogen) atoms. The minimum Gasteiger partial charge on any atom is -0.494 e. The van der Waals surface area contributed by atoms with Crippen LogP contribution in [0.3, 0.4) is 0 Å². The van der Waals surface area contributed by atoms with Gasteiger partial charge in [0, 0.05) is 15.4 Å². The van der Waals surface area contributed by atoms with E-state index in [0.717, 1.165) is 5.56 Å². The molecule has 2 rings (SSSR count). The molecular weight excluding hydrogens is 350 g/mol. The molecule has 5 heteroatoms. The summed E-state index contributed by atoms with van der Waals surface area (Å²) in [5, 5.41) is 0.378. The predicted octanol–water partition coefficient (Wildman–Crippen LogP) is 5.31. The fraction of sp³-hybridized carbons (Fsp3) is 0.200. The molecule has 0 aliphatic heterocycles. The average molecular weight is 362 g/mol. The molecule has 1 nitrogen and oxygen atoms in total. The van der Waals surface area contributed by atoms with Crippen LogP contribution in [-0.2, 0) is 6.42 Å². The zero-order valence-corrected chi connectivity index (χ0v) is 13.0. The van der Waals surface area contributed by atoms with Gasteiger partial charge in [-0.3, -0.25) is 0 Å². The number of ether oxygens (including phenoxy) is 1. The normalized spacial score (nSPS) is 12.2. The van der Waals surface area contributed by atoms with Crippen molar-refractivity contribution in [1.29, 1.82) is 0 Å². The van der Waals surface area contributed by atoms with Gasteiger partial charge in [0.1, 0.15) is 5.82 Å². The second kappa shape index (κ2) is 6.55. The van der Waals surface area contributed by atoms with Gasteiger partial charge in [0.05, 0.1) is 7.11 Å². The summed E-state index contributed by atoms with van der Waals surface area (Å²) in [6.45, 7) is 0. The fourth-order valence-corrected chi connectivity index (χ4v) is 2.74. The number of methoxy groups -OCH3 is 1. The number of alkyl halides is 1. The van der Waals surface area contributed by atoms with Crippen LogP contribution < -0.4 is 4.74 Å². The lowest BCUT2D eigenvalue weighted by Gasteiger charge is -2.13. The number of hydrogen-bond donors (Lipinski definition) is 0. The van der Waals surface area contributed by atoms with Gasteiger partial charge in [0.15, 0.2) is 11.6 Å². The number of halogens is 4. The highest BCUT2D eigenvalue weighted by Crippen LogP contribution is 2.33. The van der Waals surface area contributed by atoms with Crippen LogP contribution in [0.4, 0.5) is 8.78 Å². The third kappa shape index (κ3) is 3.30. The van der Waals surface area contributed by atoms with Crippen molar-refractivity contribution in [1.82, 2.24) is 0 Å². The zero-order chi connectivity index (χ0) is 14.7. The van der Waals surface area contributed by atoms with Crippen LogP contribution in [0.25, 0.3) is 0 Å². The lowest BCUT2D eigenvalue weighted by Crippen LogP contribution is -2.00. The molecule has 2 aromatic rings. The summed E-state index contributed by atoms with van der Waals surface area (Å²) in [4.78, 5) is -0.189. The number of benzene rings is 2. The van der Waals surface area contributed by atoms with Crippen molar-refractivity contribution in [2.45, 2.75) is 11.2 Å². The Bertz CT molecular complexity index is 599. The molecule has 1 atom stereocenters. The van der Waals surface area contributed by atoms with Crippen molar-refractivity contribution in [3.63, 3.8) is 0 Å². The van der Waals surface area contributed by atoms with Gasteiger partial charge >= 0.3 is 0 Å². The molecule has 0 heterocycles. The molecular formula is C15H12BrClF2O. The van der Waals surface area contributed by atoms with Crippen molar-refractivity contribution in [2.75, 3.05) is 7.11 Å². The van der Waals surface area contributed by atoms with Gasteiger partial charge in [-0.1, -0.05) is 39.7 Å². The van der Waals surface area contributed by atoms with Crippen molar-refractivity contribution in [2.24, 2.45) is 0 Å². The molecule has 0 aromatic heterocycles. The van der Waals surface area contributed by atoms with E-state index in [0.29, 0.717) is 17.0 Å². The number of hydrogen-bond acceptors (Lipinski definition) is 1. The SMILES string of the molecule is COc1cc(C(Br)Cc2c(F)cccc2Cl)ccc1F. The molecule has 0 bridgehead atoms. The minimum absolute atomic E-state index is 0.159. The van der Waals surface area contributed by atoms with Crippen LogP contribution >= 0.6 is 27.5 Å². The molecule has 0 radical (unpaired) electrons. The maximum absolute atomic E-state index is 13.7. The summed E-state index contributed by atoms with van der Waals surface area (Å²) in [6.07, 6.45) is 0.361. The van der Waals surface area contributed by atoms with Gasteiger partial charge in [-0.05, 0) is 36.2 Å². The van der Waals surface area contributed by atoms with E-state index in [1.807, 2.05) is 0 Å². The maximum Gasteiger partial charge on any atom is 0.165 e. The lowest BCUT2D eigenvalue weighted by molar-refractivity contribution is 0.386. The van der Waals surface area contributed by atoms with E-state index in [-0.39, 0.29) is 16.4 Å². The lowest BCUT2D eigenvalue weighted by atomic mass is 10.0. The first-order chi connectivity index (χ1) is 9.52. The summed E-state index contributed by atoms with van der Waals surface area (Å²) < 4.78 is 32.1. The molecule has 0 N–H and O–H groups in total. The summed E-state index contributed by atoms with van der Waals surface area (Å²) >= 11 is 9.47. The van der Waals surface area contributed by atoms with Crippen molar-refractivity contribution >= 4 is 27.5 Å². The molecule has 0 saturated heterocycles. The van der Waals surface area contributed by atoms with Gasteiger partial charge in [-0.15, -0.1) is 0 Å². The molecule has 0 aliphatic carbocycles. The van der Waals surface area contributed by atoms with Gasteiger partial charge in [-0.25, -0.2) is 8.78 Å². The Kier molecular flexibility index (Phi) is 5.00. The summed E-state index contributed by atoms with van der Waals surface area (Å²) in [6, 6.07) is 9.11. The van der Waals surface area contributed by atoms with Crippen molar-refractivity contribution in [3.8, 4) is 5.75 Å². The molecule has 106 valence electrons. The topological polar surface area (TPSA) is 9.23 Å². The minimum atomic E-state index is -0.431. The Hall–Kier alpha value is -1.13. The fourth-order valence-electron chi connectivity index (χ4n) is 1.90. The Balaban J connectivity index is 2.26. The molecule has 0 spiro atoms. The van der Waals surface area contributed by atoms with Crippen LogP contribution in [-0.4, -0.2) is 7.11 Å². The second-order valence-corrected chi connectivity index (χ2v) is 5.78. The average Bonchev–Trinajstić information content (AvgIpc) is 2.43. The summed E-state index contributed by atoms with van der Waals surface area (Å²) in [5.41, 5.74) is 1.22. The monoisotopic (exact) mass is 360 g/mol. The first-order valence-electron chi connectivity index (χ1n) is 5.93. The van der Waals surface area contributed by atoms with Gasteiger partial charge in [0.25, 0.3) is 0 Å². The molecule has 0 fully saturated rings. The van der Waals surface area contributed by atoms with Crippen LogP contribution in [0.5, 0.6) is 5.75 Å². The van der Waals surface area contributed by atoms with Crippen LogP contribution in [0.1, 0.15) is 16.0 Å². The zero-order valence-electron chi connectivity index (χ0n) is 10.7. The third-order valence-corrected chi connectivity index (χ3v) is 4.19. The first-order valence-corrected chi connectivity index (χ1v) is 7.22. The second-order valence-electron chi connectivity index (χ2n) is 4.27. The van der Waals surface area contributed by atoms with Crippen molar-refractivity contribution < 1.29 is 13.5 Å². The molecule has 2 aromatic carbocycles. The molecule has 0 saturated carbocycles.